The molecule has 0 aliphatic rings. The van der Waals surface area contributed by atoms with Gasteiger partial charge < -0.3 is 9.47 Å². The number of aryl methyl sites for hydroxylation is 1. The Morgan fingerprint density at radius 1 is 1.21 bits per heavy atom. The highest BCUT2D eigenvalue weighted by Gasteiger charge is 2.14. The van der Waals surface area contributed by atoms with Gasteiger partial charge >= 0.3 is 5.97 Å². The van der Waals surface area contributed by atoms with E-state index in [4.69, 9.17) is 14.5 Å². The van der Waals surface area contributed by atoms with Crippen LogP contribution in [0.25, 0.3) is 10.6 Å². The molecule has 1 heterocycles. The molecule has 6 heteroatoms. The number of hydrogen-bond acceptors (Lipinski definition) is 6. The molecular weight excluding hydrogens is 324 g/mol. The van der Waals surface area contributed by atoms with Crippen LogP contribution < -0.4 is 0 Å². The first-order valence-electron chi connectivity index (χ1n) is 7.94. The summed E-state index contributed by atoms with van der Waals surface area (Å²) in [5, 5.41) is 1.03. The summed E-state index contributed by atoms with van der Waals surface area (Å²) in [5.74, 6) is -0.191. The number of benzene rings is 1. The molecule has 0 saturated carbocycles. The fraction of sp³-hybridized carbons (Fsp3) is 0.444. The number of aromatic nitrogens is 1. The van der Waals surface area contributed by atoms with E-state index < -0.39 is 0 Å². The SMILES string of the molecule is COCCN(CCC(=O)OC)Cc1sc(-c2ccccc2)nc1C. The summed E-state index contributed by atoms with van der Waals surface area (Å²) < 4.78 is 9.91. The molecule has 0 spiro atoms. The topological polar surface area (TPSA) is 51.7 Å². The third-order valence-electron chi connectivity index (χ3n) is 3.75. The van der Waals surface area contributed by atoms with Crippen molar-refractivity contribution in [3.63, 3.8) is 0 Å². The molecule has 0 atom stereocenters. The zero-order valence-corrected chi connectivity index (χ0v) is 15.3. The van der Waals surface area contributed by atoms with E-state index in [1.807, 2.05) is 25.1 Å². The lowest BCUT2D eigenvalue weighted by molar-refractivity contribution is -0.141. The van der Waals surface area contributed by atoms with E-state index in [0.29, 0.717) is 19.6 Å². The van der Waals surface area contributed by atoms with E-state index in [-0.39, 0.29) is 5.97 Å². The minimum absolute atomic E-state index is 0.191. The van der Waals surface area contributed by atoms with E-state index >= 15 is 0 Å². The first kappa shape index (κ1) is 18.6. The summed E-state index contributed by atoms with van der Waals surface area (Å²) >= 11 is 1.70. The molecule has 0 unspecified atom stereocenters. The largest absolute Gasteiger partial charge is 0.469 e. The molecule has 1 aromatic heterocycles. The Hall–Kier alpha value is -1.76. The second kappa shape index (κ2) is 9.52. The van der Waals surface area contributed by atoms with Crippen LogP contribution in [0, 0.1) is 6.92 Å². The summed E-state index contributed by atoms with van der Waals surface area (Å²) in [7, 11) is 3.10. The Kier molecular flexibility index (Phi) is 7.36. The smallest absolute Gasteiger partial charge is 0.306 e. The van der Waals surface area contributed by atoms with Crippen LogP contribution in [0.2, 0.25) is 0 Å². The van der Waals surface area contributed by atoms with Gasteiger partial charge in [-0.2, -0.15) is 0 Å². The van der Waals surface area contributed by atoms with E-state index in [9.17, 15) is 4.79 Å². The van der Waals surface area contributed by atoms with Crippen molar-refractivity contribution in [2.24, 2.45) is 0 Å². The number of rotatable bonds is 9. The van der Waals surface area contributed by atoms with Crippen LogP contribution in [0.4, 0.5) is 0 Å². The van der Waals surface area contributed by atoms with Gasteiger partial charge in [0.25, 0.3) is 0 Å². The van der Waals surface area contributed by atoms with Crippen molar-refractivity contribution in [1.29, 1.82) is 0 Å². The van der Waals surface area contributed by atoms with Gasteiger partial charge in [-0.15, -0.1) is 11.3 Å². The number of carbonyl (C=O) groups excluding carboxylic acids is 1. The summed E-state index contributed by atoms with van der Waals surface area (Å²) in [5.41, 5.74) is 2.18. The minimum Gasteiger partial charge on any atom is -0.469 e. The molecule has 0 fully saturated rings. The van der Waals surface area contributed by atoms with Crippen LogP contribution in [-0.4, -0.2) is 49.8 Å². The van der Waals surface area contributed by atoms with Crippen LogP contribution in [0.5, 0.6) is 0 Å². The number of ether oxygens (including phenoxy) is 2. The summed E-state index contributed by atoms with van der Waals surface area (Å²) in [6.45, 7) is 4.84. The number of esters is 1. The normalized spacial score (nSPS) is 11.0. The first-order chi connectivity index (χ1) is 11.6. The molecule has 0 amide bonds. The predicted molar refractivity (Wildman–Crippen MR) is 96.1 cm³/mol. The highest BCUT2D eigenvalue weighted by molar-refractivity contribution is 7.15. The van der Waals surface area contributed by atoms with Crippen molar-refractivity contribution in [1.82, 2.24) is 9.88 Å². The monoisotopic (exact) mass is 348 g/mol. The standard InChI is InChI=1S/C18H24N2O3S/c1-14-16(24-18(19-14)15-7-5-4-6-8-15)13-20(11-12-22-2)10-9-17(21)23-3/h4-8H,9-13H2,1-3H3. The molecule has 0 N–H and O–H groups in total. The molecule has 5 nitrogen and oxygen atoms in total. The summed E-state index contributed by atoms with van der Waals surface area (Å²) in [4.78, 5) is 19.5. The number of carbonyl (C=O) groups is 1. The van der Waals surface area contributed by atoms with Crippen molar-refractivity contribution in [2.45, 2.75) is 19.9 Å². The van der Waals surface area contributed by atoms with Crippen molar-refractivity contribution in [2.75, 3.05) is 33.9 Å². The van der Waals surface area contributed by atoms with Gasteiger partial charge in [0.05, 0.1) is 25.8 Å². The maximum atomic E-state index is 11.4. The Balaban J connectivity index is 2.07. The Morgan fingerprint density at radius 3 is 2.62 bits per heavy atom. The van der Waals surface area contributed by atoms with Crippen LogP contribution in [0.3, 0.4) is 0 Å². The third-order valence-corrected chi connectivity index (χ3v) is 4.94. The van der Waals surface area contributed by atoms with Gasteiger partial charge in [0, 0.05) is 37.2 Å². The number of hydrogen-bond donors (Lipinski definition) is 0. The van der Waals surface area contributed by atoms with Gasteiger partial charge in [-0.3, -0.25) is 9.69 Å². The molecular formula is C18H24N2O3S. The van der Waals surface area contributed by atoms with Crippen molar-refractivity contribution >= 4 is 17.3 Å². The predicted octanol–water partition coefficient (Wildman–Crippen LogP) is 3.13. The molecule has 24 heavy (non-hydrogen) atoms. The Bertz CT molecular complexity index is 643. The highest BCUT2D eigenvalue weighted by atomic mass is 32.1. The lowest BCUT2D eigenvalue weighted by Crippen LogP contribution is -2.29. The summed E-state index contributed by atoms with van der Waals surface area (Å²) in [6.07, 6.45) is 0.379. The van der Waals surface area contributed by atoms with Gasteiger partial charge in [-0.05, 0) is 6.92 Å². The Labute approximate surface area is 147 Å². The quantitative estimate of drug-likeness (QED) is 0.652. The minimum atomic E-state index is -0.191. The van der Waals surface area contributed by atoms with Gasteiger partial charge in [0.1, 0.15) is 5.01 Å². The van der Waals surface area contributed by atoms with Crippen LogP contribution in [0.15, 0.2) is 30.3 Å². The van der Waals surface area contributed by atoms with Crippen LogP contribution in [0.1, 0.15) is 17.0 Å². The highest BCUT2D eigenvalue weighted by Crippen LogP contribution is 2.28. The lowest BCUT2D eigenvalue weighted by atomic mass is 10.2. The van der Waals surface area contributed by atoms with Crippen molar-refractivity contribution in [3.8, 4) is 10.6 Å². The molecule has 1 aromatic carbocycles. The second-order valence-electron chi connectivity index (χ2n) is 5.49. The molecule has 0 saturated heterocycles. The first-order valence-corrected chi connectivity index (χ1v) is 8.75. The van der Waals surface area contributed by atoms with Gasteiger partial charge in [0.15, 0.2) is 0 Å². The summed E-state index contributed by atoms with van der Waals surface area (Å²) in [6, 6.07) is 10.2. The van der Waals surface area contributed by atoms with E-state index in [0.717, 1.165) is 29.4 Å². The van der Waals surface area contributed by atoms with Crippen molar-refractivity contribution < 1.29 is 14.3 Å². The molecule has 0 radical (unpaired) electrons. The van der Waals surface area contributed by atoms with E-state index in [1.165, 1.54) is 12.0 Å². The lowest BCUT2D eigenvalue weighted by Gasteiger charge is -2.20. The fourth-order valence-electron chi connectivity index (χ4n) is 2.32. The maximum absolute atomic E-state index is 11.4. The van der Waals surface area contributed by atoms with Crippen LogP contribution >= 0.6 is 11.3 Å². The van der Waals surface area contributed by atoms with Crippen molar-refractivity contribution in [3.05, 3.63) is 40.9 Å². The fourth-order valence-corrected chi connectivity index (χ4v) is 3.43. The zero-order valence-electron chi connectivity index (χ0n) is 14.4. The molecule has 0 aliphatic heterocycles. The average Bonchev–Trinajstić information content (AvgIpc) is 2.98. The zero-order chi connectivity index (χ0) is 17.4. The maximum Gasteiger partial charge on any atom is 0.306 e. The number of methoxy groups -OCH3 is 2. The molecule has 0 bridgehead atoms. The number of nitrogens with zero attached hydrogens (tertiary/aromatic N) is 2. The van der Waals surface area contributed by atoms with Gasteiger partial charge in [-0.1, -0.05) is 30.3 Å². The second-order valence-corrected chi connectivity index (χ2v) is 6.57. The molecule has 130 valence electrons. The van der Waals surface area contributed by atoms with Gasteiger partial charge in [0.2, 0.25) is 0 Å². The van der Waals surface area contributed by atoms with E-state index in [1.54, 1.807) is 18.4 Å². The van der Waals surface area contributed by atoms with E-state index in [2.05, 4.69) is 17.0 Å². The molecule has 0 aliphatic carbocycles. The molecule has 2 rings (SSSR count). The van der Waals surface area contributed by atoms with Gasteiger partial charge in [-0.25, -0.2) is 4.98 Å². The number of thiazole rings is 1. The molecule has 2 aromatic rings. The Morgan fingerprint density at radius 2 is 1.96 bits per heavy atom. The third kappa shape index (κ3) is 5.40. The van der Waals surface area contributed by atoms with Crippen LogP contribution in [-0.2, 0) is 20.8 Å². The average molecular weight is 348 g/mol.